The average molecular weight is 465 g/mol. The molecule has 0 amide bonds. The monoisotopic (exact) mass is 464 g/mol. The summed E-state index contributed by atoms with van der Waals surface area (Å²) in [4.78, 5) is 8.41. The molecule has 5 nitrogen and oxygen atoms in total. The lowest BCUT2D eigenvalue weighted by Crippen LogP contribution is -2.40. The number of ether oxygens (including phenoxy) is 1. The lowest BCUT2D eigenvalue weighted by Gasteiger charge is -2.34. The van der Waals surface area contributed by atoms with Crippen LogP contribution in [0.5, 0.6) is 0 Å². The Morgan fingerprint density at radius 3 is 2.75 bits per heavy atom. The molecule has 4 rings (SSSR count). The van der Waals surface area contributed by atoms with Crippen LogP contribution in [0, 0.1) is 0 Å². The number of thiazole rings is 1. The van der Waals surface area contributed by atoms with Gasteiger partial charge < -0.3 is 15.4 Å². The lowest BCUT2D eigenvalue weighted by molar-refractivity contribution is -0.0538. The Morgan fingerprint density at radius 1 is 1.18 bits per heavy atom. The summed E-state index contributed by atoms with van der Waals surface area (Å²) in [6, 6.07) is 8.43. The minimum Gasteiger partial charge on any atom is -0.375 e. The molecule has 0 saturated carbocycles. The quantitative estimate of drug-likeness (QED) is 0.590. The van der Waals surface area contributed by atoms with Crippen molar-refractivity contribution in [1.82, 2.24) is 15.2 Å². The summed E-state index contributed by atoms with van der Waals surface area (Å²) in [7, 11) is 0. The molecular formula is C21H29BrN4OS. The summed E-state index contributed by atoms with van der Waals surface area (Å²) >= 11 is 5.26. The number of nitrogens with zero attached hydrogens (tertiary/aromatic N) is 2. The molecule has 2 fully saturated rings. The van der Waals surface area contributed by atoms with E-state index in [1.807, 2.05) is 6.20 Å². The maximum absolute atomic E-state index is 6.33. The van der Waals surface area contributed by atoms with Crippen molar-refractivity contribution >= 4 is 38.1 Å². The molecule has 0 radical (unpaired) electrons. The number of aromatic nitrogens is 1. The fourth-order valence-corrected chi connectivity index (χ4v) is 5.15. The third-order valence-electron chi connectivity index (χ3n) is 5.47. The van der Waals surface area contributed by atoms with Crippen molar-refractivity contribution in [1.29, 1.82) is 0 Å². The van der Waals surface area contributed by atoms with Gasteiger partial charge in [-0.05, 0) is 56.5 Å². The molecule has 0 bridgehead atoms. The van der Waals surface area contributed by atoms with E-state index >= 15 is 0 Å². The SMILES string of the molecule is BrCc1cccc(Nc2ncc(CN3CCC(OC4CCNCC4)CC3)s2)c1. The minimum atomic E-state index is 0.444. The molecule has 2 aromatic rings. The molecule has 1 aromatic carbocycles. The topological polar surface area (TPSA) is 49.4 Å². The van der Waals surface area contributed by atoms with E-state index in [1.54, 1.807) is 11.3 Å². The van der Waals surface area contributed by atoms with Crippen molar-refractivity contribution in [2.75, 3.05) is 31.5 Å². The predicted octanol–water partition coefficient (Wildman–Crippen LogP) is 4.51. The van der Waals surface area contributed by atoms with Gasteiger partial charge in [0.05, 0.1) is 12.2 Å². The fourth-order valence-electron chi connectivity index (χ4n) is 3.92. The van der Waals surface area contributed by atoms with Crippen molar-refractivity contribution in [2.45, 2.75) is 49.8 Å². The first-order valence-electron chi connectivity index (χ1n) is 10.2. The van der Waals surface area contributed by atoms with Gasteiger partial charge >= 0.3 is 0 Å². The van der Waals surface area contributed by atoms with Crippen LogP contribution in [0.3, 0.4) is 0 Å². The number of likely N-dealkylation sites (tertiary alicyclic amines) is 1. The van der Waals surface area contributed by atoms with Crippen LogP contribution in [0.1, 0.15) is 36.1 Å². The van der Waals surface area contributed by atoms with Gasteiger partial charge in [-0.2, -0.15) is 0 Å². The number of piperidine rings is 2. The number of alkyl halides is 1. The highest BCUT2D eigenvalue weighted by molar-refractivity contribution is 9.08. The number of hydrogen-bond donors (Lipinski definition) is 2. The predicted molar refractivity (Wildman–Crippen MR) is 120 cm³/mol. The minimum absolute atomic E-state index is 0.444. The third-order valence-corrected chi connectivity index (χ3v) is 7.02. The Labute approximate surface area is 180 Å². The van der Waals surface area contributed by atoms with Gasteiger partial charge in [-0.3, -0.25) is 4.90 Å². The fraction of sp³-hybridized carbons (Fsp3) is 0.571. The first-order chi connectivity index (χ1) is 13.8. The summed E-state index contributed by atoms with van der Waals surface area (Å²) in [5.41, 5.74) is 2.35. The maximum atomic E-state index is 6.33. The largest absolute Gasteiger partial charge is 0.375 e. The second-order valence-electron chi connectivity index (χ2n) is 7.65. The number of benzene rings is 1. The number of nitrogens with one attached hydrogen (secondary N) is 2. The molecule has 3 heterocycles. The molecule has 0 spiro atoms. The molecule has 152 valence electrons. The Morgan fingerprint density at radius 2 is 1.96 bits per heavy atom. The van der Waals surface area contributed by atoms with Crippen LogP contribution in [0.25, 0.3) is 0 Å². The standard InChI is InChI=1S/C21H29BrN4OS/c22-13-16-2-1-3-17(12-16)25-21-24-14-20(28-21)15-26-10-6-19(7-11-26)27-18-4-8-23-9-5-18/h1-3,12,14,18-19,23H,4-11,13,15H2,(H,24,25). The zero-order chi connectivity index (χ0) is 19.2. The summed E-state index contributed by atoms with van der Waals surface area (Å²) in [6.45, 7) is 5.42. The van der Waals surface area contributed by atoms with Crippen molar-refractivity contribution in [3.63, 3.8) is 0 Å². The number of rotatable bonds is 7. The van der Waals surface area contributed by atoms with E-state index in [4.69, 9.17) is 4.74 Å². The Kier molecular flexibility index (Phi) is 7.36. The highest BCUT2D eigenvalue weighted by Gasteiger charge is 2.24. The highest BCUT2D eigenvalue weighted by Crippen LogP contribution is 2.26. The van der Waals surface area contributed by atoms with Crippen LogP contribution >= 0.6 is 27.3 Å². The van der Waals surface area contributed by atoms with Crippen LogP contribution in [0.4, 0.5) is 10.8 Å². The van der Waals surface area contributed by atoms with Crippen molar-refractivity contribution in [3.05, 3.63) is 40.9 Å². The molecule has 0 aliphatic carbocycles. The lowest BCUT2D eigenvalue weighted by atomic mass is 10.1. The number of anilines is 2. The number of hydrogen-bond acceptors (Lipinski definition) is 6. The van der Waals surface area contributed by atoms with Gasteiger partial charge in [-0.15, -0.1) is 11.3 Å². The smallest absolute Gasteiger partial charge is 0.187 e. The van der Waals surface area contributed by atoms with Crippen LogP contribution in [-0.4, -0.2) is 48.3 Å². The van der Waals surface area contributed by atoms with Crippen LogP contribution in [0.15, 0.2) is 30.5 Å². The molecular weight excluding hydrogens is 436 g/mol. The first-order valence-corrected chi connectivity index (χ1v) is 12.2. The van der Waals surface area contributed by atoms with Crippen LogP contribution < -0.4 is 10.6 Å². The molecule has 2 N–H and O–H groups in total. The van der Waals surface area contributed by atoms with E-state index in [-0.39, 0.29) is 0 Å². The van der Waals surface area contributed by atoms with Gasteiger partial charge in [0.2, 0.25) is 0 Å². The van der Waals surface area contributed by atoms with E-state index < -0.39 is 0 Å². The third kappa shape index (κ3) is 5.76. The second-order valence-corrected chi connectivity index (χ2v) is 9.33. The Hall–Kier alpha value is -0.990. The second kappa shape index (κ2) is 10.2. The average Bonchev–Trinajstić information content (AvgIpc) is 3.17. The molecule has 28 heavy (non-hydrogen) atoms. The van der Waals surface area contributed by atoms with E-state index in [1.165, 1.54) is 10.4 Å². The summed E-state index contributed by atoms with van der Waals surface area (Å²) in [6.07, 6.45) is 7.54. The van der Waals surface area contributed by atoms with Gasteiger partial charge in [0.25, 0.3) is 0 Å². The van der Waals surface area contributed by atoms with Gasteiger partial charge in [-0.1, -0.05) is 28.1 Å². The summed E-state index contributed by atoms with van der Waals surface area (Å²) in [5, 5.41) is 8.67. The Balaban J connectivity index is 1.23. The van der Waals surface area contributed by atoms with Gasteiger partial charge in [-0.25, -0.2) is 4.98 Å². The van der Waals surface area contributed by atoms with E-state index in [9.17, 15) is 0 Å². The summed E-state index contributed by atoms with van der Waals surface area (Å²) in [5.74, 6) is 0. The van der Waals surface area contributed by atoms with Crippen molar-refractivity contribution in [2.24, 2.45) is 0 Å². The molecule has 2 aliphatic rings. The molecule has 2 aliphatic heterocycles. The normalized spacial score (nSPS) is 19.8. The zero-order valence-corrected chi connectivity index (χ0v) is 18.6. The van der Waals surface area contributed by atoms with E-state index in [2.05, 4.69) is 60.7 Å². The molecule has 0 atom stereocenters. The zero-order valence-electron chi connectivity index (χ0n) is 16.2. The molecule has 1 aromatic heterocycles. The van der Waals surface area contributed by atoms with E-state index in [0.29, 0.717) is 12.2 Å². The Bertz CT molecular complexity index is 742. The van der Waals surface area contributed by atoms with Crippen molar-refractivity contribution < 1.29 is 4.74 Å². The molecule has 2 saturated heterocycles. The number of halogens is 1. The summed E-state index contributed by atoms with van der Waals surface area (Å²) < 4.78 is 6.33. The highest BCUT2D eigenvalue weighted by atomic mass is 79.9. The van der Waals surface area contributed by atoms with Crippen LogP contribution in [-0.2, 0) is 16.6 Å². The van der Waals surface area contributed by atoms with Gasteiger partial charge in [0, 0.05) is 41.7 Å². The van der Waals surface area contributed by atoms with Gasteiger partial charge in [0.1, 0.15) is 0 Å². The van der Waals surface area contributed by atoms with Gasteiger partial charge in [0.15, 0.2) is 5.13 Å². The maximum Gasteiger partial charge on any atom is 0.187 e. The van der Waals surface area contributed by atoms with Crippen LogP contribution in [0.2, 0.25) is 0 Å². The van der Waals surface area contributed by atoms with E-state index in [0.717, 1.165) is 74.6 Å². The molecule has 7 heteroatoms. The molecule has 0 unspecified atom stereocenters. The first kappa shape index (κ1) is 20.3. The van der Waals surface area contributed by atoms with Crippen molar-refractivity contribution in [3.8, 4) is 0 Å².